The molecule has 2 fully saturated rings. The number of ether oxygens (including phenoxy) is 1. The van der Waals surface area contributed by atoms with Gasteiger partial charge in [0.25, 0.3) is 0 Å². The molecule has 2 aliphatic heterocycles. The number of nitrogens with zero attached hydrogens (tertiary/aromatic N) is 3. The van der Waals surface area contributed by atoms with E-state index in [0.717, 1.165) is 42.6 Å². The fourth-order valence-corrected chi connectivity index (χ4v) is 4.35. The molecule has 3 heterocycles. The number of hydrogen-bond acceptors (Lipinski definition) is 4. The average molecular weight is 426 g/mol. The minimum absolute atomic E-state index is 0.0240. The first kappa shape index (κ1) is 21.4. The summed E-state index contributed by atoms with van der Waals surface area (Å²) in [4.78, 5) is 32.5. The van der Waals surface area contributed by atoms with Crippen LogP contribution in [-0.2, 0) is 20.7 Å². The van der Waals surface area contributed by atoms with Crippen LogP contribution in [-0.4, -0.2) is 59.4 Å². The molecule has 2 saturated heterocycles. The highest BCUT2D eigenvalue weighted by Crippen LogP contribution is 2.31. The van der Waals surface area contributed by atoms with E-state index in [1.807, 2.05) is 29.3 Å². The highest BCUT2D eigenvalue weighted by atomic mass is 19.1. The Bertz CT molecular complexity index is 919. The molecule has 7 heteroatoms. The van der Waals surface area contributed by atoms with Crippen molar-refractivity contribution in [1.29, 1.82) is 0 Å². The Morgan fingerprint density at radius 2 is 2.06 bits per heavy atom. The van der Waals surface area contributed by atoms with Gasteiger partial charge < -0.3 is 14.5 Å². The van der Waals surface area contributed by atoms with Crippen LogP contribution in [0.4, 0.5) is 4.39 Å². The van der Waals surface area contributed by atoms with Gasteiger partial charge in [0.05, 0.1) is 18.3 Å². The van der Waals surface area contributed by atoms with Crippen LogP contribution in [0.25, 0.3) is 0 Å². The van der Waals surface area contributed by atoms with Gasteiger partial charge in [0, 0.05) is 32.3 Å². The lowest BCUT2D eigenvalue weighted by Crippen LogP contribution is -2.35. The summed E-state index contributed by atoms with van der Waals surface area (Å²) in [6.07, 6.45) is 5.76. The number of halogens is 1. The number of amides is 2. The van der Waals surface area contributed by atoms with Gasteiger partial charge >= 0.3 is 0 Å². The van der Waals surface area contributed by atoms with Crippen LogP contribution in [0.15, 0.2) is 42.6 Å². The van der Waals surface area contributed by atoms with Gasteiger partial charge in [0.1, 0.15) is 12.4 Å². The number of likely N-dealkylation sites (tertiary alicyclic amines) is 2. The third-order valence-electron chi connectivity index (χ3n) is 5.96. The lowest BCUT2D eigenvalue weighted by molar-refractivity contribution is -0.137. The van der Waals surface area contributed by atoms with Gasteiger partial charge in [-0.2, -0.15) is 0 Å². The number of pyridine rings is 1. The van der Waals surface area contributed by atoms with Gasteiger partial charge in [-0.1, -0.05) is 18.2 Å². The van der Waals surface area contributed by atoms with Crippen LogP contribution in [0.1, 0.15) is 48.5 Å². The molecule has 2 aromatic rings. The molecule has 2 aliphatic rings. The average Bonchev–Trinajstić information content (AvgIpc) is 3.41. The van der Waals surface area contributed by atoms with Crippen molar-refractivity contribution in [2.45, 2.75) is 38.1 Å². The molecule has 0 N–H and O–H groups in total. The molecule has 4 rings (SSSR count). The van der Waals surface area contributed by atoms with Crippen molar-refractivity contribution < 1.29 is 18.7 Å². The summed E-state index contributed by atoms with van der Waals surface area (Å²) in [5.41, 5.74) is 2.78. The zero-order chi connectivity index (χ0) is 21.6. The third kappa shape index (κ3) is 5.47. The van der Waals surface area contributed by atoms with Gasteiger partial charge in [-0.15, -0.1) is 0 Å². The van der Waals surface area contributed by atoms with E-state index in [2.05, 4.69) is 4.98 Å². The van der Waals surface area contributed by atoms with E-state index < -0.39 is 0 Å². The van der Waals surface area contributed by atoms with Gasteiger partial charge in [0.15, 0.2) is 0 Å². The van der Waals surface area contributed by atoms with E-state index in [4.69, 9.17) is 4.74 Å². The minimum atomic E-state index is -0.239. The van der Waals surface area contributed by atoms with Gasteiger partial charge in [-0.25, -0.2) is 4.39 Å². The Morgan fingerprint density at radius 1 is 1.16 bits per heavy atom. The van der Waals surface area contributed by atoms with E-state index in [1.165, 1.54) is 12.1 Å². The normalized spacial score (nSPS) is 18.7. The second-order valence-corrected chi connectivity index (χ2v) is 8.18. The molecule has 1 unspecified atom stereocenters. The molecular weight excluding hydrogens is 397 g/mol. The molecule has 2 amide bonds. The summed E-state index contributed by atoms with van der Waals surface area (Å²) in [5, 5.41) is 0. The summed E-state index contributed by atoms with van der Waals surface area (Å²) in [6.45, 7) is 2.43. The van der Waals surface area contributed by atoms with E-state index in [-0.39, 0.29) is 30.3 Å². The maximum absolute atomic E-state index is 13.4. The van der Waals surface area contributed by atoms with Gasteiger partial charge in [-0.05, 0) is 55.0 Å². The zero-order valence-corrected chi connectivity index (χ0v) is 17.6. The van der Waals surface area contributed by atoms with Crippen molar-refractivity contribution in [1.82, 2.24) is 14.8 Å². The lowest BCUT2D eigenvalue weighted by atomic mass is 10.0. The molecule has 6 nitrogen and oxygen atoms in total. The van der Waals surface area contributed by atoms with Crippen LogP contribution in [0.5, 0.6) is 0 Å². The van der Waals surface area contributed by atoms with E-state index in [0.29, 0.717) is 32.5 Å². The minimum Gasteiger partial charge on any atom is -0.370 e. The molecule has 1 aromatic heterocycles. The van der Waals surface area contributed by atoms with Crippen LogP contribution in [0, 0.1) is 5.82 Å². The summed E-state index contributed by atoms with van der Waals surface area (Å²) in [7, 11) is 0. The quantitative estimate of drug-likeness (QED) is 0.610. The monoisotopic (exact) mass is 425 g/mol. The fraction of sp³-hybridized carbons (Fsp3) is 0.458. The summed E-state index contributed by atoms with van der Waals surface area (Å²) in [6, 6.07) is 10.5. The Balaban J connectivity index is 1.29. The second-order valence-electron chi connectivity index (χ2n) is 8.18. The van der Waals surface area contributed by atoms with E-state index >= 15 is 0 Å². The SMILES string of the molecule is O=C1CCCN1CCOCC(=O)N1CCCC1c1ccc(Cc2cccc(F)c2)cn1. The standard InChI is InChI=1S/C24H28FN3O3/c25-20-5-1-4-18(15-20)14-19-8-9-21(26-16-19)22-6-2-11-28(22)24(30)17-31-13-12-27-10-3-7-23(27)29/h1,4-5,8-9,15-16,22H,2-3,6-7,10-14,17H2. The van der Waals surface area contributed by atoms with Crippen molar-refractivity contribution in [2.75, 3.05) is 32.8 Å². The summed E-state index contributed by atoms with van der Waals surface area (Å²) < 4.78 is 18.9. The number of aromatic nitrogens is 1. The lowest BCUT2D eigenvalue weighted by Gasteiger charge is -2.24. The van der Waals surface area contributed by atoms with Crippen molar-refractivity contribution in [3.63, 3.8) is 0 Å². The van der Waals surface area contributed by atoms with Crippen LogP contribution in [0.3, 0.4) is 0 Å². The Kier molecular flexibility index (Phi) is 6.92. The maximum atomic E-state index is 13.4. The third-order valence-corrected chi connectivity index (χ3v) is 5.96. The molecule has 164 valence electrons. The van der Waals surface area contributed by atoms with E-state index in [9.17, 15) is 14.0 Å². The Labute approximate surface area is 182 Å². The Hall–Kier alpha value is -2.80. The topological polar surface area (TPSA) is 62.7 Å². The van der Waals surface area contributed by atoms with Crippen molar-refractivity contribution in [3.05, 3.63) is 65.2 Å². The van der Waals surface area contributed by atoms with Crippen molar-refractivity contribution in [2.24, 2.45) is 0 Å². The first-order chi connectivity index (χ1) is 15.1. The largest absolute Gasteiger partial charge is 0.370 e. The molecule has 31 heavy (non-hydrogen) atoms. The predicted octanol–water partition coefficient (Wildman–Crippen LogP) is 3.11. The molecule has 1 atom stereocenters. The first-order valence-electron chi connectivity index (χ1n) is 10.9. The van der Waals surface area contributed by atoms with Gasteiger partial charge in [0.2, 0.25) is 11.8 Å². The molecule has 0 aliphatic carbocycles. The number of carbonyl (C=O) groups is 2. The number of carbonyl (C=O) groups excluding carboxylic acids is 2. The smallest absolute Gasteiger partial charge is 0.249 e. The van der Waals surface area contributed by atoms with Crippen LogP contribution >= 0.6 is 0 Å². The van der Waals surface area contributed by atoms with Crippen LogP contribution in [0.2, 0.25) is 0 Å². The number of benzene rings is 1. The molecular formula is C24H28FN3O3. The molecule has 0 saturated carbocycles. The molecule has 1 aromatic carbocycles. The number of rotatable bonds is 8. The molecule has 0 bridgehead atoms. The maximum Gasteiger partial charge on any atom is 0.249 e. The first-order valence-corrected chi connectivity index (χ1v) is 10.9. The predicted molar refractivity (Wildman–Crippen MR) is 114 cm³/mol. The molecule has 0 radical (unpaired) electrons. The zero-order valence-electron chi connectivity index (χ0n) is 17.6. The van der Waals surface area contributed by atoms with Crippen molar-refractivity contribution in [3.8, 4) is 0 Å². The summed E-state index contributed by atoms with van der Waals surface area (Å²) >= 11 is 0. The van der Waals surface area contributed by atoms with Crippen molar-refractivity contribution >= 4 is 11.8 Å². The van der Waals surface area contributed by atoms with E-state index in [1.54, 1.807) is 11.0 Å². The molecule has 0 spiro atoms. The highest BCUT2D eigenvalue weighted by Gasteiger charge is 2.30. The number of hydrogen-bond donors (Lipinski definition) is 0. The Morgan fingerprint density at radius 3 is 2.81 bits per heavy atom. The summed E-state index contributed by atoms with van der Waals surface area (Å²) in [5.74, 6) is -0.112. The highest BCUT2D eigenvalue weighted by molar-refractivity contribution is 5.78. The van der Waals surface area contributed by atoms with Crippen LogP contribution < -0.4 is 0 Å². The fourth-order valence-electron chi connectivity index (χ4n) is 4.35. The second kappa shape index (κ2) is 10.0. The van der Waals surface area contributed by atoms with Gasteiger partial charge in [-0.3, -0.25) is 14.6 Å².